The summed E-state index contributed by atoms with van der Waals surface area (Å²) >= 11 is 0. The van der Waals surface area contributed by atoms with E-state index >= 15 is 0 Å². The van der Waals surface area contributed by atoms with Crippen LogP contribution in [-0.2, 0) is 16.0 Å². The number of rotatable bonds is 6. The number of imide groups is 1. The predicted octanol–water partition coefficient (Wildman–Crippen LogP) is 4.19. The van der Waals surface area contributed by atoms with E-state index in [1.54, 1.807) is 12.1 Å². The maximum absolute atomic E-state index is 12.9. The minimum atomic E-state index is -0.609. The summed E-state index contributed by atoms with van der Waals surface area (Å²) < 4.78 is 2.09. The number of nitrogens with one attached hydrogen (secondary N) is 2. The first-order valence-electron chi connectivity index (χ1n) is 10.9. The molecular weight excluding hydrogens is 416 g/mol. The smallest absolute Gasteiger partial charge is 0.324 e. The summed E-state index contributed by atoms with van der Waals surface area (Å²) in [6.07, 6.45) is 2.42. The lowest BCUT2D eigenvalue weighted by molar-refractivity contribution is -0.127. The third kappa shape index (κ3) is 4.43. The molecule has 1 aliphatic heterocycles. The van der Waals surface area contributed by atoms with Gasteiger partial charge in [-0.1, -0.05) is 43.3 Å². The van der Waals surface area contributed by atoms with E-state index in [-0.39, 0.29) is 12.2 Å². The molecule has 0 atom stereocenters. The van der Waals surface area contributed by atoms with E-state index in [1.165, 1.54) is 0 Å². The summed E-state index contributed by atoms with van der Waals surface area (Å²) in [6, 6.07) is 18.7. The Bertz CT molecular complexity index is 1260. The Hall–Kier alpha value is -4.13. The number of urea groups is 1. The van der Waals surface area contributed by atoms with Crippen molar-refractivity contribution in [3.05, 3.63) is 88.9 Å². The molecule has 7 heteroatoms. The first-order valence-corrected chi connectivity index (χ1v) is 10.9. The zero-order chi connectivity index (χ0) is 23.5. The van der Waals surface area contributed by atoms with Crippen LogP contribution in [0.15, 0.2) is 66.4 Å². The Morgan fingerprint density at radius 2 is 1.73 bits per heavy atom. The molecule has 0 bridgehead atoms. The van der Waals surface area contributed by atoms with Crippen molar-refractivity contribution in [1.29, 1.82) is 0 Å². The molecule has 2 heterocycles. The van der Waals surface area contributed by atoms with Crippen LogP contribution in [0.25, 0.3) is 11.8 Å². The van der Waals surface area contributed by atoms with Gasteiger partial charge in [-0.05, 0) is 61.7 Å². The number of carbonyl (C=O) groups excluding carboxylic acids is 3. The number of anilines is 1. The lowest BCUT2D eigenvalue weighted by Crippen LogP contribution is -2.38. The van der Waals surface area contributed by atoms with Crippen molar-refractivity contribution >= 4 is 29.6 Å². The SMILES string of the molecule is CCc1ccccc1NC(=O)CN1C(=O)N/C(=C\c2cc(C)n(-c3ccccc3)c2C)C1=O. The molecule has 33 heavy (non-hydrogen) atoms. The minimum absolute atomic E-state index is 0.148. The summed E-state index contributed by atoms with van der Waals surface area (Å²) in [4.78, 5) is 38.8. The number of benzene rings is 2. The van der Waals surface area contributed by atoms with Crippen molar-refractivity contribution in [2.75, 3.05) is 11.9 Å². The molecule has 1 fully saturated rings. The maximum Gasteiger partial charge on any atom is 0.329 e. The molecule has 3 aromatic rings. The van der Waals surface area contributed by atoms with E-state index in [4.69, 9.17) is 0 Å². The van der Waals surface area contributed by atoms with Crippen molar-refractivity contribution < 1.29 is 14.4 Å². The van der Waals surface area contributed by atoms with Crippen molar-refractivity contribution in [2.45, 2.75) is 27.2 Å². The van der Waals surface area contributed by atoms with Crippen LogP contribution in [0.4, 0.5) is 10.5 Å². The van der Waals surface area contributed by atoms with Gasteiger partial charge in [0.2, 0.25) is 5.91 Å². The summed E-state index contributed by atoms with van der Waals surface area (Å²) in [5, 5.41) is 5.40. The summed E-state index contributed by atoms with van der Waals surface area (Å²) in [5.74, 6) is -0.952. The van der Waals surface area contributed by atoms with Gasteiger partial charge in [-0.25, -0.2) is 9.69 Å². The van der Waals surface area contributed by atoms with Crippen LogP contribution in [0.2, 0.25) is 0 Å². The highest BCUT2D eigenvalue weighted by molar-refractivity contribution is 6.16. The largest absolute Gasteiger partial charge is 0.329 e. The van der Waals surface area contributed by atoms with Crippen LogP contribution in [0.5, 0.6) is 0 Å². The molecule has 0 unspecified atom stereocenters. The zero-order valence-corrected chi connectivity index (χ0v) is 18.9. The highest BCUT2D eigenvalue weighted by Gasteiger charge is 2.35. The van der Waals surface area contributed by atoms with Gasteiger partial charge in [0.15, 0.2) is 0 Å². The van der Waals surface area contributed by atoms with Gasteiger partial charge in [0.25, 0.3) is 5.91 Å². The molecule has 4 rings (SSSR count). The van der Waals surface area contributed by atoms with Crippen LogP contribution in [0.1, 0.15) is 29.4 Å². The second kappa shape index (κ2) is 9.16. The quantitative estimate of drug-likeness (QED) is 0.444. The average Bonchev–Trinajstić information content (AvgIpc) is 3.23. The molecular formula is C26H26N4O3. The van der Waals surface area contributed by atoms with E-state index in [2.05, 4.69) is 15.2 Å². The third-order valence-electron chi connectivity index (χ3n) is 5.72. The second-order valence-corrected chi connectivity index (χ2v) is 7.94. The molecule has 2 aromatic carbocycles. The van der Waals surface area contributed by atoms with Gasteiger partial charge in [0.05, 0.1) is 0 Å². The van der Waals surface area contributed by atoms with Gasteiger partial charge >= 0.3 is 6.03 Å². The fourth-order valence-corrected chi connectivity index (χ4v) is 4.06. The number of hydrogen-bond acceptors (Lipinski definition) is 3. The first-order chi connectivity index (χ1) is 15.9. The van der Waals surface area contributed by atoms with Crippen molar-refractivity contribution in [2.24, 2.45) is 0 Å². The first kappa shape index (κ1) is 22.1. The molecule has 7 nitrogen and oxygen atoms in total. The van der Waals surface area contributed by atoms with Gasteiger partial charge < -0.3 is 15.2 Å². The summed E-state index contributed by atoms with van der Waals surface area (Å²) in [5.41, 5.74) is 5.61. The Morgan fingerprint density at radius 1 is 1.03 bits per heavy atom. The van der Waals surface area contributed by atoms with Gasteiger partial charge in [0.1, 0.15) is 12.2 Å². The number of nitrogens with zero attached hydrogens (tertiary/aromatic N) is 2. The molecule has 168 valence electrons. The monoisotopic (exact) mass is 442 g/mol. The van der Waals surface area contributed by atoms with E-state index in [0.29, 0.717) is 5.69 Å². The van der Waals surface area contributed by atoms with E-state index in [1.807, 2.05) is 75.4 Å². The average molecular weight is 443 g/mol. The number of aryl methyl sites for hydroxylation is 2. The Kier molecular flexibility index (Phi) is 6.13. The van der Waals surface area contributed by atoms with Crippen molar-refractivity contribution in [3.8, 4) is 5.69 Å². The van der Waals surface area contributed by atoms with Crippen LogP contribution in [0, 0.1) is 13.8 Å². The Morgan fingerprint density at radius 3 is 2.45 bits per heavy atom. The molecule has 4 amide bonds. The molecule has 0 saturated carbocycles. The van der Waals surface area contributed by atoms with Crippen LogP contribution < -0.4 is 10.6 Å². The standard InChI is InChI=1S/C26H26N4O3/c1-4-19-10-8-9-13-22(19)27-24(31)16-29-25(32)23(28-26(29)33)15-20-14-17(2)30(18(20)3)21-11-6-5-7-12-21/h5-15H,4,16H2,1-3H3,(H,27,31)(H,28,33)/b23-15-. The number of hydrogen-bond donors (Lipinski definition) is 2. The second-order valence-electron chi connectivity index (χ2n) is 7.94. The van der Waals surface area contributed by atoms with Crippen molar-refractivity contribution in [1.82, 2.24) is 14.8 Å². The number of aromatic nitrogens is 1. The van der Waals surface area contributed by atoms with Gasteiger partial charge in [-0.2, -0.15) is 0 Å². The molecule has 2 N–H and O–H groups in total. The summed E-state index contributed by atoms with van der Waals surface area (Å²) in [7, 11) is 0. The van der Waals surface area contributed by atoms with Crippen LogP contribution >= 0.6 is 0 Å². The third-order valence-corrected chi connectivity index (χ3v) is 5.72. The van der Waals surface area contributed by atoms with E-state index in [9.17, 15) is 14.4 Å². The molecule has 0 radical (unpaired) electrons. The van der Waals surface area contributed by atoms with Gasteiger partial charge in [0, 0.05) is 22.8 Å². The van der Waals surface area contributed by atoms with Gasteiger partial charge in [-0.15, -0.1) is 0 Å². The zero-order valence-electron chi connectivity index (χ0n) is 18.9. The predicted molar refractivity (Wildman–Crippen MR) is 128 cm³/mol. The van der Waals surface area contributed by atoms with Gasteiger partial charge in [-0.3, -0.25) is 9.59 Å². The van der Waals surface area contributed by atoms with E-state index < -0.39 is 17.8 Å². The lowest BCUT2D eigenvalue weighted by atomic mass is 10.1. The van der Waals surface area contributed by atoms with Crippen LogP contribution in [0.3, 0.4) is 0 Å². The molecule has 0 aliphatic carbocycles. The topological polar surface area (TPSA) is 83.4 Å². The fraction of sp³-hybridized carbons (Fsp3) is 0.192. The minimum Gasteiger partial charge on any atom is -0.324 e. The molecule has 1 aromatic heterocycles. The highest BCUT2D eigenvalue weighted by atomic mass is 16.2. The fourth-order valence-electron chi connectivity index (χ4n) is 4.06. The highest BCUT2D eigenvalue weighted by Crippen LogP contribution is 2.24. The Labute approximate surface area is 192 Å². The summed E-state index contributed by atoms with van der Waals surface area (Å²) in [6.45, 7) is 5.59. The number of carbonyl (C=O) groups is 3. The number of amides is 4. The van der Waals surface area contributed by atoms with Crippen molar-refractivity contribution in [3.63, 3.8) is 0 Å². The molecule has 0 spiro atoms. The molecule has 1 aliphatic rings. The number of para-hydroxylation sites is 2. The Balaban J connectivity index is 1.52. The van der Waals surface area contributed by atoms with E-state index in [0.717, 1.165) is 39.5 Å². The lowest BCUT2D eigenvalue weighted by Gasteiger charge is -2.13. The molecule has 1 saturated heterocycles. The normalized spacial score (nSPS) is 14.6. The maximum atomic E-state index is 12.9. The van der Waals surface area contributed by atoms with Crippen LogP contribution in [-0.4, -0.2) is 33.9 Å².